The van der Waals surface area contributed by atoms with E-state index in [2.05, 4.69) is 10.6 Å². The Labute approximate surface area is 225 Å². The molecule has 206 valence electrons. The fourth-order valence-corrected chi connectivity index (χ4v) is 5.44. The summed E-state index contributed by atoms with van der Waals surface area (Å²) >= 11 is 1.58. The first-order chi connectivity index (χ1) is 17.6. The van der Waals surface area contributed by atoms with Crippen LogP contribution in [0.15, 0.2) is 24.3 Å². The minimum absolute atomic E-state index is 0.0239. The number of alkyl carbamates (subject to hydrolysis) is 1. The Morgan fingerprint density at radius 3 is 2.32 bits per heavy atom. The van der Waals surface area contributed by atoms with Gasteiger partial charge in [0.15, 0.2) is 0 Å². The fourth-order valence-electron chi connectivity index (χ4n) is 4.97. The smallest absolute Gasteiger partial charge is 0.408 e. The summed E-state index contributed by atoms with van der Waals surface area (Å²) in [7, 11) is 0. The first-order valence-electron chi connectivity index (χ1n) is 13.5. The lowest BCUT2D eigenvalue weighted by atomic mass is 9.87. The van der Waals surface area contributed by atoms with Gasteiger partial charge in [-0.2, -0.15) is 11.8 Å². The van der Waals surface area contributed by atoms with E-state index in [1.165, 1.54) is 0 Å². The number of para-hydroxylation sites is 1. The molecular weight excluding hydrogens is 490 g/mol. The summed E-state index contributed by atoms with van der Waals surface area (Å²) in [6.45, 7) is 5.32. The van der Waals surface area contributed by atoms with Crippen molar-refractivity contribution < 1.29 is 24.2 Å². The SMILES string of the molecule is CSCCC(NC(=O)OC(C)(C)C)C(=O)N(C1CCC1)C(C(=O)NC1CCCCC1)c1ccccc1O. The number of amides is 3. The molecule has 0 aliphatic heterocycles. The van der Waals surface area contributed by atoms with E-state index in [0.717, 1.165) is 51.4 Å². The Bertz CT molecular complexity index is 925. The lowest BCUT2D eigenvalue weighted by Gasteiger charge is -2.44. The number of rotatable bonds is 10. The highest BCUT2D eigenvalue weighted by atomic mass is 32.2. The summed E-state index contributed by atoms with van der Waals surface area (Å²) in [5.41, 5.74) is -0.305. The summed E-state index contributed by atoms with van der Waals surface area (Å²) in [4.78, 5) is 42.4. The number of hydrogen-bond acceptors (Lipinski definition) is 6. The zero-order valence-corrected chi connectivity index (χ0v) is 23.4. The highest BCUT2D eigenvalue weighted by molar-refractivity contribution is 7.98. The molecule has 8 nitrogen and oxygen atoms in total. The predicted molar refractivity (Wildman–Crippen MR) is 147 cm³/mol. The van der Waals surface area contributed by atoms with Crippen LogP contribution in [-0.4, -0.2) is 63.6 Å². The molecule has 2 aliphatic carbocycles. The molecule has 1 aromatic carbocycles. The van der Waals surface area contributed by atoms with Crippen LogP contribution in [0.5, 0.6) is 5.75 Å². The molecule has 9 heteroatoms. The number of carbonyl (C=O) groups is 3. The molecule has 2 fully saturated rings. The van der Waals surface area contributed by atoms with Gasteiger partial charge in [-0.3, -0.25) is 9.59 Å². The Morgan fingerprint density at radius 1 is 1.08 bits per heavy atom. The molecule has 0 saturated heterocycles. The van der Waals surface area contributed by atoms with Gasteiger partial charge in [-0.1, -0.05) is 37.5 Å². The Morgan fingerprint density at radius 2 is 1.76 bits per heavy atom. The summed E-state index contributed by atoms with van der Waals surface area (Å²) < 4.78 is 5.44. The summed E-state index contributed by atoms with van der Waals surface area (Å²) in [6, 6.07) is 4.80. The van der Waals surface area contributed by atoms with Crippen LogP contribution in [0.1, 0.15) is 90.2 Å². The van der Waals surface area contributed by atoms with Gasteiger partial charge >= 0.3 is 6.09 Å². The zero-order valence-electron chi connectivity index (χ0n) is 22.6. The van der Waals surface area contributed by atoms with E-state index < -0.39 is 23.8 Å². The average Bonchev–Trinajstić information content (AvgIpc) is 2.80. The average molecular weight is 534 g/mol. The molecule has 3 N–H and O–H groups in total. The molecule has 3 rings (SSSR count). The molecule has 0 aromatic heterocycles. The van der Waals surface area contributed by atoms with Crippen molar-refractivity contribution in [3.05, 3.63) is 29.8 Å². The van der Waals surface area contributed by atoms with Gasteiger partial charge in [0.25, 0.3) is 0 Å². The number of thioether (sulfide) groups is 1. The molecule has 37 heavy (non-hydrogen) atoms. The van der Waals surface area contributed by atoms with E-state index in [1.807, 2.05) is 6.26 Å². The van der Waals surface area contributed by atoms with Crippen LogP contribution in [0.4, 0.5) is 4.79 Å². The Kier molecular flexibility index (Phi) is 10.6. The van der Waals surface area contributed by atoms with Crippen molar-refractivity contribution in [2.24, 2.45) is 0 Å². The second-order valence-corrected chi connectivity index (χ2v) is 12.1. The van der Waals surface area contributed by atoms with E-state index in [4.69, 9.17) is 4.74 Å². The predicted octanol–water partition coefficient (Wildman–Crippen LogP) is 4.91. The van der Waals surface area contributed by atoms with Crippen molar-refractivity contribution in [2.75, 3.05) is 12.0 Å². The van der Waals surface area contributed by atoms with Gasteiger partial charge in [-0.25, -0.2) is 4.79 Å². The number of nitrogens with zero attached hydrogens (tertiary/aromatic N) is 1. The third-order valence-electron chi connectivity index (χ3n) is 7.03. The van der Waals surface area contributed by atoms with Crippen LogP contribution >= 0.6 is 11.8 Å². The summed E-state index contributed by atoms with van der Waals surface area (Å²) in [6.07, 6.45) is 9.30. The molecular formula is C28H43N3O5S. The largest absolute Gasteiger partial charge is 0.508 e. The zero-order chi connectivity index (χ0) is 27.0. The second kappa shape index (κ2) is 13.4. The third-order valence-corrected chi connectivity index (χ3v) is 7.68. The highest BCUT2D eigenvalue weighted by Gasteiger charge is 2.43. The van der Waals surface area contributed by atoms with Gasteiger partial charge in [-0.05, 0) is 77.4 Å². The van der Waals surface area contributed by atoms with Crippen LogP contribution in [-0.2, 0) is 14.3 Å². The van der Waals surface area contributed by atoms with Crippen molar-refractivity contribution in [3.8, 4) is 5.75 Å². The number of carbonyl (C=O) groups excluding carboxylic acids is 3. The lowest BCUT2D eigenvalue weighted by Crippen LogP contribution is -2.58. The van der Waals surface area contributed by atoms with Crippen molar-refractivity contribution in [3.63, 3.8) is 0 Å². The first-order valence-corrected chi connectivity index (χ1v) is 14.9. The quantitative estimate of drug-likeness (QED) is 0.394. The second-order valence-electron chi connectivity index (χ2n) is 11.1. The molecule has 2 atom stereocenters. The van der Waals surface area contributed by atoms with Crippen LogP contribution in [0.2, 0.25) is 0 Å². The normalized spacial score (nSPS) is 18.3. The number of phenolic OH excluding ortho intramolecular Hbond substituents is 1. The van der Waals surface area contributed by atoms with Crippen molar-refractivity contribution in [2.45, 2.75) is 108 Å². The topological polar surface area (TPSA) is 108 Å². The highest BCUT2D eigenvalue weighted by Crippen LogP contribution is 2.37. The molecule has 3 amide bonds. The molecule has 2 unspecified atom stereocenters. The minimum atomic E-state index is -0.988. The van der Waals surface area contributed by atoms with E-state index in [9.17, 15) is 19.5 Å². The lowest BCUT2D eigenvalue weighted by molar-refractivity contribution is -0.147. The van der Waals surface area contributed by atoms with Crippen LogP contribution < -0.4 is 10.6 Å². The standard InChI is InChI=1S/C28H43N3O5S/c1-28(2,3)36-27(35)30-22(17-18-37-4)26(34)31(20-13-10-14-20)24(21-15-8-9-16-23(21)32)25(33)29-19-11-6-5-7-12-19/h8-9,15-16,19-20,22,24,32H,5-7,10-14,17-18H2,1-4H3,(H,29,33)(H,30,35). The van der Waals surface area contributed by atoms with Gasteiger partial charge in [0.1, 0.15) is 23.4 Å². The molecule has 2 saturated carbocycles. The number of benzene rings is 1. The van der Waals surface area contributed by atoms with Crippen LogP contribution in [0.25, 0.3) is 0 Å². The molecule has 0 heterocycles. The minimum Gasteiger partial charge on any atom is -0.508 e. The molecule has 1 aromatic rings. The maximum absolute atomic E-state index is 14.2. The van der Waals surface area contributed by atoms with E-state index in [-0.39, 0.29) is 29.6 Å². The monoisotopic (exact) mass is 533 g/mol. The van der Waals surface area contributed by atoms with Crippen molar-refractivity contribution in [1.82, 2.24) is 15.5 Å². The van der Waals surface area contributed by atoms with Crippen LogP contribution in [0, 0.1) is 0 Å². The molecule has 0 spiro atoms. The fraction of sp³-hybridized carbons (Fsp3) is 0.679. The van der Waals surface area contributed by atoms with Gasteiger partial charge in [-0.15, -0.1) is 0 Å². The summed E-state index contributed by atoms with van der Waals surface area (Å²) in [5.74, 6) is 0.0237. The van der Waals surface area contributed by atoms with Crippen LogP contribution in [0.3, 0.4) is 0 Å². The number of hydrogen-bond donors (Lipinski definition) is 3. The van der Waals surface area contributed by atoms with E-state index >= 15 is 0 Å². The number of phenols is 1. The van der Waals surface area contributed by atoms with E-state index in [1.54, 1.807) is 61.7 Å². The van der Waals surface area contributed by atoms with Gasteiger partial charge in [0.05, 0.1) is 0 Å². The van der Waals surface area contributed by atoms with Crippen molar-refractivity contribution >= 4 is 29.7 Å². The van der Waals surface area contributed by atoms with E-state index in [0.29, 0.717) is 17.7 Å². The maximum atomic E-state index is 14.2. The van der Waals surface area contributed by atoms with Gasteiger partial charge in [0.2, 0.25) is 11.8 Å². The third kappa shape index (κ3) is 8.28. The number of nitrogens with one attached hydrogen (secondary N) is 2. The molecule has 0 radical (unpaired) electrons. The van der Waals surface area contributed by atoms with Crippen molar-refractivity contribution in [1.29, 1.82) is 0 Å². The molecule has 0 bridgehead atoms. The first kappa shape index (κ1) is 29.1. The van der Waals surface area contributed by atoms with Gasteiger partial charge < -0.3 is 25.4 Å². The maximum Gasteiger partial charge on any atom is 0.408 e. The number of aromatic hydroxyl groups is 1. The summed E-state index contributed by atoms with van der Waals surface area (Å²) in [5, 5.41) is 16.7. The van der Waals surface area contributed by atoms with Gasteiger partial charge in [0, 0.05) is 17.6 Å². The Balaban J connectivity index is 1.95. The Hall–Kier alpha value is -2.42. The molecule has 2 aliphatic rings. The number of ether oxygens (including phenoxy) is 1.